The summed E-state index contributed by atoms with van der Waals surface area (Å²) in [4.78, 5) is 14.1. The first-order valence-electron chi connectivity index (χ1n) is 24.3. The first-order valence-corrected chi connectivity index (χ1v) is 24.3. The van der Waals surface area contributed by atoms with Gasteiger partial charge in [0, 0.05) is 29.7 Å². The molecule has 1 aliphatic rings. The van der Waals surface area contributed by atoms with Crippen LogP contribution in [-0.2, 0) is 27.2 Å². The second kappa shape index (κ2) is 32.7. The van der Waals surface area contributed by atoms with Crippen molar-refractivity contribution in [2.45, 2.75) is 240 Å². The van der Waals surface area contributed by atoms with Crippen molar-refractivity contribution < 1.29 is 32.3 Å². The smallest absolute Gasteiger partial charge is 0.550 e. The van der Waals surface area contributed by atoms with Gasteiger partial charge >= 0.3 is 22.4 Å². The number of carboxylic acid groups (broad SMARTS) is 1. The molecule has 0 unspecified atom stereocenters. The summed E-state index contributed by atoms with van der Waals surface area (Å²) in [6, 6.07) is 14.9. The van der Waals surface area contributed by atoms with E-state index in [1.165, 1.54) is 165 Å². The number of para-hydroxylation sites is 2. The van der Waals surface area contributed by atoms with Gasteiger partial charge in [-0.2, -0.15) is 0 Å². The first-order chi connectivity index (χ1) is 27.8. The molecule has 3 rings (SSSR count). The fraction of sp³-hybridized carbons (Fsp3) is 0.698. The van der Waals surface area contributed by atoms with Crippen molar-refractivity contribution >= 4 is 17.3 Å². The minimum absolute atomic E-state index is 0. The predicted octanol–water partition coefficient (Wildman–Crippen LogP) is 16.2. The normalized spacial score (nSPS) is 12.6. The SMILES string of the molecule is CC(=O)[O-].CCCCC(CCCC)c1cccc(C(CCCC)CCCC)c1N1[CH]N(c2c(C(CCCC)CCCC)cccc2C(CCCC)CCCC)C=C1.[Ag+]. The molecule has 2 aromatic rings. The molecule has 0 atom stereocenters. The Morgan fingerprint density at radius 3 is 0.810 bits per heavy atom. The van der Waals surface area contributed by atoms with E-state index in [9.17, 15) is 0 Å². The Kier molecular flexibility index (Phi) is 30.5. The van der Waals surface area contributed by atoms with Crippen LogP contribution < -0.4 is 14.9 Å². The zero-order valence-electron chi connectivity index (χ0n) is 39.0. The van der Waals surface area contributed by atoms with Crippen molar-refractivity contribution in [1.29, 1.82) is 0 Å². The first kappa shape index (κ1) is 54.0. The Balaban J connectivity index is 0.00000321. The van der Waals surface area contributed by atoms with Crippen molar-refractivity contribution in [3.05, 3.63) is 77.7 Å². The molecule has 0 aliphatic carbocycles. The van der Waals surface area contributed by atoms with Gasteiger partial charge in [-0.1, -0.05) is 195 Å². The molecule has 0 N–H and O–H groups in total. The topological polar surface area (TPSA) is 46.6 Å². The molecule has 5 heteroatoms. The molecule has 1 heterocycles. The van der Waals surface area contributed by atoms with E-state index in [-0.39, 0.29) is 22.4 Å². The molecule has 0 saturated carbocycles. The van der Waals surface area contributed by atoms with Crippen LogP contribution in [0.15, 0.2) is 48.8 Å². The standard InChI is InChI=1S/C51H85N2.C2H4O2.Ag/c1-9-17-27-42(28-18-10-2)46-35-25-36-47(43(29-19-11-3)30-20-12-4)50(46)52-39-40-53(41-52)51-48(44(31-21-13-5)32-22-14-6)37-26-38-49(51)45(33-23-15-7)34-24-16-8;1-2(3)4;/h25-26,35-45H,9-24,27-34H2,1-8H3;1H3,(H,3,4);/q;;+1/p-1. The third-order valence-corrected chi connectivity index (χ3v) is 12.4. The summed E-state index contributed by atoms with van der Waals surface area (Å²) >= 11 is 0. The summed E-state index contributed by atoms with van der Waals surface area (Å²) in [6.45, 7) is 22.4. The second-order valence-corrected chi connectivity index (χ2v) is 17.2. The van der Waals surface area contributed by atoms with E-state index < -0.39 is 5.97 Å². The molecular weight excluding hydrogens is 804 g/mol. The second-order valence-electron chi connectivity index (χ2n) is 17.2. The number of benzene rings is 2. The van der Waals surface area contributed by atoms with Gasteiger partial charge in [0.25, 0.3) is 0 Å². The van der Waals surface area contributed by atoms with E-state index in [4.69, 9.17) is 9.90 Å². The van der Waals surface area contributed by atoms with Gasteiger partial charge in [0.1, 0.15) is 0 Å². The molecule has 0 fully saturated rings. The molecule has 58 heavy (non-hydrogen) atoms. The third kappa shape index (κ3) is 18.3. The van der Waals surface area contributed by atoms with Gasteiger partial charge in [-0.25, -0.2) is 0 Å². The van der Waals surface area contributed by atoms with E-state index in [2.05, 4.69) is 121 Å². The van der Waals surface area contributed by atoms with E-state index in [1.54, 1.807) is 22.3 Å². The zero-order valence-corrected chi connectivity index (χ0v) is 40.5. The number of rotatable bonds is 30. The molecule has 333 valence electrons. The van der Waals surface area contributed by atoms with Gasteiger partial charge in [-0.15, -0.1) is 0 Å². The van der Waals surface area contributed by atoms with Crippen molar-refractivity contribution in [2.75, 3.05) is 9.80 Å². The average Bonchev–Trinajstić information content (AvgIpc) is 3.70. The van der Waals surface area contributed by atoms with Gasteiger partial charge in [0.05, 0.1) is 0 Å². The number of aliphatic carboxylic acids is 1. The minimum atomic E-state index is -1.08. The molecule has 2 aromatic carbocycles. The maximum atomic E-state index is 8.89. The summed E-state index contributed by atoms with van der Waals surface area (Å²) in [6.07, 6.45) is 35.9. The quantitative estimate of drug-likeness (QED) is 0.0733. The molecule has 1 radical (unpaired) electrons. The zero-order chi connectivity index (χ0) is 41.8. The van der Waals surface area contributed by atoms with Crippen LogP contribution in [0.1, 0.15) is 262 Å². The molecule has 1 aliphatic heterocycles. The summed E-state index contributed by atoms with van der Waals surface area (Å²) in [7, 11) is 0. The van der Waals surface area contributed by atoms with Gasteiger partial charge < -0.3 is 19.7 Å². The number of anilines is 2. The van der Waals surface area contributed by atoms with Crippen molar-refractivity contribution in [1.82, 2.24) is 0 Å². The predicted molar refractivity (Wildman–Crippen MR) is 249 cm³/mol. The van der Waals surface area contributed by atoms with Crippen LogP contribution >= 0.6 is 0 Å². The number of carboxylic acids is 1. The van der Waals surface area contributed by atoms with Crippen LogP contribution in [0.25, 0.3) is 0 Å². The van der Waals surface area contributed by atoms with E-state index in [0.717, 1.165) is 6.92 Å². The monoisotopic (exact) mass is 892 g/mol. The van der Waals surface area contributed by atoms with Crippen molar-refractivity contribution in [2.24, 2.45) is 0 Å². The molecule has 0 amide bonds. The summed E-state index contributed by atoms with van der Waals surface area (Å²) in [5.41, 5.74) is 9.44. The number of carbonyl (C=O) groups excluding carboxylic acids is 1. The van der Waals surface area contributed by atoms with Crippen LogP contribution in [-0.4, -0.2) is 5.97 Å². The number of nitrogens with zero attached hydrogens (tertiary/aromatic N) is 2. The summed E-state index contributed by atoms with van der Waals surface area (Å²) in [5, 5.41) is 8.89. The molecule has 0 spiro atoms. The molecule has 0 saturated heterocycles. The number of unbranched alkanes of at least 4 members (excludes halogenated alkanes) is 8. The maximum absolute atomic E-state index is 8.89. The average molecular weight is 893 g/mol. The Labute approximate surface area is 375 Å². The Bertz CT molecular complexity index is 1170. The largest absolute Gasteiger partial charge is 1.00 e. The molecule has 0 aromatic heterocycles. The van der Waals surface area contributed by atoms with E-state index in [0.29, 0.717) is 23.7 Å². The van der Waals surface area contributed by atoms with Gasteiger partial charge in [0.15, 0.2) is 6.67 Å². The number of hydrogen-bond acceptors (Lipinski definition) is 4. The molecule has 0 bridgehead atoms. The third-order valence-electron chi connectivity index (χ3n) is 12.4. The summed E-state index contributed by atoms with van der Waals surface area (Å²) in [5.74, 6) is 1.37. The maximum Gasteiger partial charge on any atom is 1.00 e. The summed E-state index contributed by atoms with van der Waals surface area (Å²) < 4.78 is 0. The number of hydrogen-bond donors (Lipinski definition) is 0. The van der Waals surface area contributed by atoms with Crippen LogP contribution in [0.2, 0.25) is 0 Å². The van der Waals surface area contributed by atoms with E-state index in [1.807, 2.05) is 0 Å². The van der Waals surface area contributed by atoms with E-state index >= 15 is 0 Å². The van der Waals surface area contributed by atoms with Crippen LogP contribution in [0, 0.1) is 6.67 Å². The fourth-order valence-electron chi connectivity index (χ4n) is 9.12. The van der Waals surface area contributed by atoms with Gasteiger partial charge in [-0.3, -0.25) is 0 Å². The Morgan fingerprint density at radius 2 is 0.638 bits per heavy atom. The van der Waals surface area contributed by atoms with Crippen LogP contribution in [0.3, 0.4) is 0 Å². The molecule has 4 nitrogen and oxygen atoms in total. The van der Waals surface area contributed by atoms with Crippen LogP contribution in [0.4, 0.5) is 11.4 Å². The van der Waals surface area contributed by atoms with Crippen LogP contribution in [0.5, 0.6) is 0 Å². The van der Waals surface area contributed by atoms with Crippen molar-refractivity contribution in [3.63, 3.8) is 0 Å². The van der Waals surface area contributed by atoms with Crippen molar-refractivity contribution in [3.8, 4) is 0 Å². The Hall–Kier alpha value is -2.01. The fourth-order valence-corrected chi connectivity index (χ4v) is 9.12. The Morgan fingerprint density at radius 1 is 0.448 bits per heavy atom. The van der Waals surface area contributed by atoms with Gasteiger partial charge in [0.2, 0.25) is 0 Å². The molecular formula is C53H88AgN2O2. The number of carbonyl (C=O) groups is 1. The minimum Gasteiger partial charge on any atom is -0.550 e. The van der Waals surface area contributed by atoms with Gasteiger partial charge in [-0.05, 0) is 104 Å².